The molecule has 1 aliphatic carbocycles. The Kier molecular flexibility index (Phi) is 5.14. The van der Waals surface area contributed by atoms with Crippen molar-refractivity contribution in [2.45, 2.75) is 25.7 Å². The molecule has 1 saturated carbocycles. The molecule has 0 aromatic carbocycles. The lowest BCUT2D eigenvalue weighted by Crippen LogP contribution is -2.48. The standard InChI is InChI=1S/C12H21N3O4/c1-13-9(16)7-15(2)11(19)14-8-12(4-3-5-12)6-10(17)18/h3-8H2,1-2H3,(H,13,16)(H,14,19)(H,17,18). The smallest absolute Gasteiger partial charge is 0.317 e. The number of carboxylic acid groups (broad SMARTS) is 1. The molecular formula is C12H21N3O4. The molecule has 108 valence electrons. The molecule has 0 heterocycles. The number of hydrogen-bond acceptors (Lipinski definition) is 3. The average Bonchev–Trinajstić information content (AvgIpc) is 2.31. The zero-order valence-electron chi connectivity index (χ0n) is 11.4. The summed E-state index contributed by atoms with van der Waals surface area (Å²) in [5, 5.41) is 14.0. The second-order valence-electron chi connectivity index (χ2n) is 5.11. The van der Waals surface area contributed by atoms with E-state index in [0.29, 0.717) is 6.54 Å². The number of nitrogens with one attached hydrogen (secondary N) is 2. The van der Waals surface area contributed by atoms with Crippen molar-refractivity contribution in [2.75, 3.05) is 27.2 Å². The van der Waals surface area contributed by atoms with E-state index >= 15 is 0 Å². The third-order valence-electron chi connectivity index (χ3n) is 3.56. The summed E-state index contributed by atoms with van der Waals surface area (Å²) in [4.78, 5) is 34.9. The van der Waals surface area contributed by atoms with Gasteiger partial charge in [-0.3, -0.25) is 9.59 Å². The Balaban J connectivity index is 2.40. The van der Waals surface area contributed by atoms with E-state index in [1.165, 1.54) is 19.0 Å². The molecule has 1 aliphatic rings. The molecule has 7 heteroatoms. The molecular weight excluding hydrogens is 250 g/mol. The van der Waals surface area contributed by atoms with Gasteiger partial charge in [-0.15, -0.1) is 0 Å². The molecule has 1 rings (SSSR count). The molecule has 7 nitrogen and oxygen atoms in total. The van der Waals surface area contributed by atoms with E-state index in [0.717, 1.165) is 19.3 Å². The number of carbonyl (C=O) groups excluding carboxylic acids is 2. The van der Waals surface area contributed by atoms with Crippen LogP contribution in [0.2, 0.25) is 0 Å². The van der Waals surface area contributed by atoms with E-state index in [2.05, 4.69) is 10.6 Å². The molecule has 0 aliphatic heterocycles. The van der Waals surface area contributed by atoms with Gasteiger partial charge in [0.2, 0.25) is 5.91 Å². The van der Waals surface area contributed by atoms with Crippen LogP contribution >= 0.6 is 0 Å². The number of carboxylic acids is 1. The summed E-state index contributed by atoms with van der Waals surface area (Å²) in [5.41, 5.74) is -0.310. The molecule has 1 fully saturated rings. The van der Waals surface area contributed by atoms with Crippen molar-refractivity contribution in [3.8, 4) is 0 Å². The minimum absolute atomic E-state index is 0.0196. The molecule has 0 bridgehead atoms. The highest BCUT2D eigenvalue weighted by Gasteiger charge is 2.39. The fourth-order valence-corrected chi connectivity index (χ4v) is 2.18. The monoisotopic (exact) mass is 271 g/mol. The van der Waals surface area contributed by atoms with Crippen LogP contribution in [0.3, 0.4) is 0 Å². The summed E-state index contributed by atoms with van der Waals surface area (Å²) in [5.74, 6) is -1.09. The van der Waals surface area contributed by atoms with Gasteiger partial charge in [0.25, 0.3) is 0 Å². The van der Waals surface area contributed by atoms with Gasteiger partial charge in [0, 0.05) is 20.6 Å². The van der Waals surface area contributed by atoms with Gasteiger partial charge < -0.3 is 20.6 Å². The topological polar surface area (TPSA) is 98.7 Å². The molecule has 0 atom stereocenters. The fourth-order valence-electron chi connectivity index (χ4n) is 2.18. The molecule has 0 spiro atoms. The lowest BCUT2D eigenvalue weighted by Gasteiger charge is -2.41. The van der Waals surface area contributed by atoms with Crippen LogP contribution in [0.15, 0.2) is 0 Å². The van der Waals surface area contributed by atoms with Crippen LogP contribution in [0.5, 0.6) is 0 Å². The molecule has 19 heavy (non-hydrogen) atoms. The zero-order valence-corrected chi connectivity index (χ0v) is 11.4. The molecule has 0 radical (unpaired) electrons. The first-order valence-corrected chi connectivity index (χ1v) is 6.30. The first kappa shape index (κ1) is 15.3. The number of amides is 3. The summed E-state index contributed by atoms with van der Waals surface area (Å²) >= 11 is 0. The Morgan fingerprint density at radius 3 is 2.37 bits per heavy atom. The summed E-state index contributed by atoms with van der Waals surface area (Å²) in [6, 6.07) is -0.361. The van der Waals surface area contributed by atoms with E-state index in [9.17, 15) is 14.4 Å². The van der Waals surface area contributed by atoms with E-state index in [1.807, 2.05) is 0 Å². The van der Waals surface area contributed by atoms with Gasteiger partial charge in [-0.25, -0.2) is 4.79 Å². The number of urea groups is 1. The Morgan fingerprint density at radius 2 is 1.95 bits per heavy atom. The maximum Gasteiger partial charge on any atom is 0.317 e. The second-order valence-corrected chi connectivity index (χ2v) is 5.11. The molecule has 0 unspecified atom stereocenters. The molecule has 0 aromatic rings. The first-order chi connectivity index (χ1) is 8.88. The largest absolute Gasteiger partial charge is 0.481 e. The average molecular weight is 271 g/mol. The first-order valence-electron chi connectivity index (χ1n) is 6.30. The Hall–Kier alpha value is -1.79. The number of likely N-dealkylation sites (N-methyl/N-ethyl adjacent to an activating group) is 2. The zero-order chi connectivity index (χ0) is 14.5. The summed E-state index contributed by atoms with van der Waals surface area (Å²) < 4.78 is 0. The lowest BCUT2D eigenvalue weighted by atomic mass is 9.66. The number of carbonyl (C=O) groups is 3. The Labute approximate surface area is 112 Å². The maximum absolute atomic E-state index is 11.8. The minimum Gasteiger partial charge on any atom is -0.481 e. The summed E-state index contributed by atoms with van der Waals surface area (Å²) in [6.45, 7) is 0.324. The predicted molar refractivity (Wildman–Crippen MR) is 68.6 cm³/mol. The molecule has 0 saturated heterocycles. The number of aliphatic carboxylic acids is 1. The third-order valence-corrected chi connectivity index (χ3v) is 3.56. The highest BCUT2D eigenvalue weighted by atomic mass is 16.4. The van der Waals surface area contributed by atoms with E-state index < -0.39 is 5.97 Å². The number of hydrogen-bond donors (Lipinski definition) is 3. The second kappa shape index (κ2) is 6.40. The Morgan fingerprint density at radius 1 is 1.32 bits per heavy atom. The molecule has 3 N–H and O–H groups in total. The van der Waals surface area contributed by atoms with Gasteiger partial charge in [0.15, 0.2) is 0 Å². The van der Waals surface area contributed by atoms with Gasteiger partial charge in [-0.05, 0) is 18.3 Å². The van der Waals surface area contributed by atoms with Crippen LogP contribution in [-0.4, -0.2) is 55.1 Å². The minimum atomic E-state index is -0.840. The highest BCUT2D eigenvalue weighted by molar-refractivity contribution is 5.83. The van der Waals surface area contributed by atoms with Gasteiger partial charge in [0.1, 0.15) is 6.54 Å². The van der Waals surface area contributed by atoms with Crippen LogP contribution in [0.4, 0.5) is 4.79 Å². The van der Waals surface area contributed by atoms with Crippen LogP contribution in [-0.2, 0) is 9.59 Å². The number of rotatable bonds is 6. The van der Waals surface area contributed by atoms with Crippen LogP contribution in [0.25, 0.3) is 0 Å². The maximum atomic E-state index is 11.8. The summed E-state index contributed by atoms with van der Waals surface area (Å²) in [7, 11) is 3.03. The molecule has 0 aromatic heterocycles. The fraction of sp³-hybridized carbons (Fsp3) is 0.750. The third kappa shape index (κ3) is 4.42. The van der Waals surface area contributed by atoms with Gasteiger partial charge >= 0.3 is 12.0 Å². The van der Waals surface area contributed by atoms with Gasteiger partial charge in [0.05, 0.1) is 6.42 Å². The van der Waals surface area contributed by atoms with Crippen molar-refractivity contribution in [2.24, 2.45) is 5.41 Å². The highest BCUT2D eigenvalue weighted by Crippen LogP contribution is 2.43. The van der Waals surface area contributed by atoms with E-state index in [1.54, 1.807) is 0 Å². The van der Waals surface area contributed by atoms with Crippen molar-refractivity contribution < 1.29 is 19.5 Å². The normalized spacial score (nSPS) is 16.1. The van der Waals surface area contributed by atoms with Crippen molar-refractivity contribution >= 4 is 17.9 Å². The quantitative estimate of drug-likeness (QED) is 0.634. The van der Waals surface area contributed by atoms with Crippen LogP contribution in [0, 0.1) is 5.41 Å². The number of nitrogens with zero attached hydrogens (tertiary/aromatic N) is 1. The van der Waals surface area contributed by atoms with Crippen LogP contribution in [0.1, 0.15) is 25.7 Å². The lowest BCUT2D eigenvalue weighted by molar-refractivity contribution is -0.141. The van der Waals surface area contributed by atoms with Crippen molar-refractivity contribution in [1.29, 1.82) is 0 Å². The van der Waals surface area contributed by atoms with E-state index in [4.69, 9.17) is 5.11 Å². The summed E-state index contributed by atoms with van der Waals surface area (Å²) in [6.07, 6.45) is 2.71. The predicted octanol–water partition coefficient (Wildman–Crippen LogP) is 0.0188. The van der Waals surface area contributed by atoms with Gasteiger partial charge in [-0.1, -0.05) is 6.42 Å². The van der Waals surface area contributed by atoms with Crippen LogP contribution < -0.4 is 10.6 Å². The van der Waals surface area contributed by atoms with Gasteiger partial charge in [-0.2, -0.15) is 0 Å². The Bertz CT molecular complexity index is 366. The SMILES string of the molecule is CNC(=O)CN(C)C(=O)NCC1(CC(=O)O)CCC1. The van der Waals surface area contributed by atoms with Crippen molar-refractivity contribution in [1.82, 2.24) is 15.5 Å². The van der Waals surface area contributed by atoms with E-state index in [-0.39, 0.29) is 30.3 Å². The van der Waals surface area contributed by atoms with Crippen molar-refractivity contribution in [3.63, 3.8) is 0 Å². The van der Waals surface area contributed by atoms with Crippen molar-refractivity contribution in [3.05, 3.63) is 0 Å². The molecule has 3 amide bonds.